The predicted molar refractivity (Wildman–Crippen MR) is 111 cm³/mol. The number of thioether (sulfide) groups is 1. The zero-order valence-electron chi connectivity index (χ0n) is 16.1. The molecule has 158 valence electrons. The molecule has 1 fully saturated rings. The highest BCUT2D eigenvalue weighted by Gasteiger charge is 2.18. The zero-order valence-corrected chi connectivity index (χ0v) is 16.9. The number of ether oxygens (including phenoxy) is 1. The molecule has 30 heavy (non-hydrogen) atoms. The summed E-state index contributed by atoms with van der Waals surface area (Å²) in [6.45, 7) is 3.21. The van der Waals surface area contributed by atoms with Gasteiger partial charge in [0.25, 0.3) is 5.76 Å². The first-order valence-corrected chi connectivity index (χ1v) is 10.4. The maximum atomic E-state index is 12.9. The smallest absolute Gasteiger partial charge is 0.291 e. The maximum Gasteiger partial charge on any atom is 0.291 e. The van der Waals surface area contributed by atoms with E-state index in [4.69, 9.17) is 4.74 Å². The lowest BCUT2D eigenvalue weighted by molar-refractivity contribution is -0.121. The Balaban J connectivity index is 1.39. The zero-order chi connectivity index (χ0) is 20.9. The van der Waals surface area contributed by atoms with Crippen LogP contribution >= 0.6 is 11.8 Å². The Kier molecular flexibility index (Phi) is 6.44. The number of hydrogen-bond acceptors (Lipinski definition) is 6. The number of nitrogens with one attached hydrogen (secondary N) is 1. The van der Waals surface area contributed by atoms with Crippen molar-refractivity contribution in [3.63, 3.8) is 0 Å². The van der Waals surface area contributed by atoms with Gasteiger partial charge >= 0.3 is 0 Å². The molecule has 1 aliphatic heterocycles. The van der Waals surface area contributed by atoms with Crippen LogP contribution in [0.4, 0.5) is 14.6 Å². The Bertz CT molecular complexity index is 1010. The Morgan fingerprint density at radius 1 is 1.20 bits per heavy atom. The van der Waals surface area contributed by atoms with Gasteiger partial charge in [-0.25, -0.2) is 9.97 Å². The van der Waals surface area contributed by atoms with Crippen LogP contribution in [0.1, 0.15) is 5.56 Å². The molecule has 1 amide bonds. The molecule has 2 aromatic heterocycles. The van der Waals surface area contributed by atoms with Crippen molar-refractivity contribution in [1.29, 1.82) is 0 Å². The van der Waals surface area contributed by atoms with Gasteiger partial charge in [-0.15, -0.1) is 0 Å². The van der Waals surface area contributed by atoms with E-state index in [-0.39, 0.29) is 17.6 Å². The van der Waals surface area contributed by atoms with Crippen molar-refractivity contribution in [2.45, 2.75) is 24.0 Å². The first-order valence-electron chi connectivity index (χ1n) is 9.54. The number of nitrogens with zero attached hydrogens (tertiary/aromatic N) is 4. The number of morpholine rings is 1. The number of aromatic nitrogens is 3. The largest absolute Gasteiger partial charge is 0.378 e. The minimum absolute atomic E-state index is 0.0884. The number of rotatable bonds is 7. The second kappa shape index (κ2) is 9.40. The van der Waals surface area contributed by atoms with Crippen LogP contribution in [0.15, 0.2) is 47.8 Å². The van der Waals surface area contributed by atoms with Gasteiger partial charge in [0.05, 0.1) is 24.2 Å². The van der Waals surface area contributed by atoms with Crippen LogP contribution in [0.5, 0.6) is 0 Å². The number of imidazole rings is 1. The summed E-state index contributed by atoms with van der Waals surface area (Å²) in [5.74, 6) is -2.02. The van der Waals surface area contributed by atoms with Crippen molar-refractivity contribution in [1.82, 2.24) is 19.9 Å². The molecule has 1 aromatic carbocycles. The summed E-state index contributed by atoms with van der Waals surface area (Å²) in [6.07, 6.45) is 1.73. The van der Waals surface area contributed by atoms with E-state index in [1.165, 1.54) is 4.57 Å². The summed E-state index contributed by atoms with van der Waals surface area (Å²) >= 11 is 0.337. The molecule has 0 atom stereocenters. The Morgan fingerprint density at radius 2 is 2.00 bits per heavy atom. The molecule has 1 N–H and O–H groups in total. The quantitative estimate of drug-likeness (QED) is 0.578. The summed E-state index contributed by atoms with van der Waals surface area (Å²) in [4.78, 5) is 23.3. The van der Waals surface area contributed by atoms with E-state index in [0.29, 0.717) is 42.6 Å². The number of benzene rings is 1. The van der Waals surface area contributed by atoms with Crippen LogP contribution in [0.25, 0.3) is 11.0 Å². The topological polar surface area (TPSA) is 72.3 Å². The second-order valence-electron chi connectivity index (χ2n) is 6.75. The summed E-state index contributed by atoms with van der Waals surface area (Å²) in [7, 11) is 0. The third kappa shape index (κ3) is 4.88. The predicted octanol–water partition coefficient (Wildman–Crippen LogP) is 2.90. The molecule has 0 spiro atoms. The van der Waals surface area contributed by atoms with Crippen LogP contribution in [0.2, 0.25) is 0 Å². The van der Waals surface area contributed by atoms with Crippen molar-refractivity contribution < 1.29 is 18.3 Å². The average Bonchev–Trinajstić information content (AvgIpc) is 3.09. The molecule has 4 rings (SSSR count). The van der Waals surface area contributed by atoms with E-state index in [9.17, 15) is 13.6 Å². The molecule has 1 aliphatic rings. The molecule has 0 saturated carbocycles. The molecule has 3 aromatic rings. The van der Waals surface area contributed by atoms with Crippen molar-refractivity contribution in [2.24, 2.45) is 0 Å². The number of alkyl halides is 2. The minimum atomic E-state index is -2.61. The lowest BCUT2D eigenvalue weighted by atomic mass is 10.2. The summed E-state index contributed by atoms with van der Waals surface area (Å²) in [5, 5.41) is 2.95. The second-order valence-corrected chi connectivity index (χ2v) is 7.71. The Morgan fingerprint density at radius 3 is 2.73 bits per heavy atom. The van der Waals surface area contributed by atoms with Crippen LogP contribution in [0, 0.1) is 0 Å². The van der Waals surface area contributed by atoms with Gasteiger partial charge in [-0.2, -0.15) is 8.78 Å². The molecule has 0 bridgehead atoms. The van der Waals surface area contributed by atoms with E-state index < -0.39 is 5.76 Å². The number of fused-ring (bicyclic) bond motifs is 1. The standard InChI is InChI=1S/C20H21F2N5O2S/c21-19(22)30-20-25-15-3-1-2-4-16(15)27(20)13-18(28)24-12-14-5-6-17(23-11-14)26-7-9-29-10-8-26/h1-6,11,19H,7-10,12-13H2,(H,24,28). The molecular formula is C20H21F2N5O2S. The van der Waals surface area contributed by atoms with Crippen LogP contribution in [-0.2, 0) is 22.6 Å². The summed E-state index contributed by atoms with van der Waals surface area (Å²) in [6, 6.07) is 10.9. The molecule has 7 nitrogen and oxygen atoms in total. The van der Waals surface area contributed by atoms with Gasteiger partial charge in [0.2, 0.25) is 5.91 Å². The van der Waals surface area contributed by atoms with E-state index >= 15 is 0 Å². The van der Waals surface area contributed by atoms with Crippen LogP contribution in [-0.4, -0.2) is 52.5 Å². The van der Waals surface area contributed by atoms with Crippen molar-refractivity contribution in [3.8, 4) is 0 Å². The van der Waals surface area contributed by atoms with Gasteiger partial charge in [0.15, 0.2) is 5.16 Å². The SMILES string of the molecule is O=C(Cn1c(SC(F)F)nc2ccccc21)NCc1ccc(N2CCOCC2)nc1. The molecule has 0 unspecified atom stereocenters. The van der Waals surface area contributed by atoms with Crippen molar-refractivity contribution in [2.75, 3.05) is 31.2 Å². The fraction of sp³-hybridized carbons (Fsp3) is 0.350. The molecule has 3 heterocycles. The van der Waals surface area contributed by atoms with Crippen LogP contribution < -0.4 is 10.2 Å². The van der Waals surface area contributed by atoms with Gasteiger partial charge in [0, 0.05) is 25.8 Å². The lowest BCUT2D eigenvalue weighted by Crippen LogP contribution is -2.36. The number of halogens is 2. The normalized spacial score (nSPS) is 14.4. The van der Waals surface area contributed by atoms with Gasteiger partial charge in [-0.1, -0.05) is 18.2 Å². The number of pyridine rings is 1. The highest BCUT2D eigenvalue weighted by atomic mass is 32.2. The van der Waals surface area contributed by atoms with Crippen LogP contribution in [0.3, 0.4) is 0 Å². The van der Waals surface area contributed by atoms with Gasteiger partial charge in [0.1, 0.15) is 12.4 Å². The third-order valence-electron chi connectivity index (χ3n) is 4.75. The maximum absolute atomic E-state index is 12.9. The number of hydrogen-bond donors (Lipinski definition) is 1. The number of carbonyl (C=O) groups excluding carboxylic acids is 1. The molecule has 1 saturated heterocycles. The average molecular weight is 433 g/mol. The molecule has 0 radical (unpaired) electrons. The summed E-state index contributed by atoms with van der Waals surface area (Å²) in [5.41, 5.74) is 2.08. The monoisotopic (exact) mass is 433 g/mol. The van der Waals surface area contributed by atoms with E-state index in [0.717, 1.165) is 24.5 Å². The number of carbonyl (C=O) groups is 1. The Hall–Kier alpha value is -2.72. The first kappa shape index (κ1) is 20.5. The fourth-order valence-corrected chi connectivity index (χ4v) is 3.88. The molecule has 10 heteroatoms. The van der Waals surface area contributed by atoms with E-state index in [2.05, 4.69) is 20.2 Å². The lowest BCUT2D eigenvalue weighted by Gasteiger charge is -2.27. The van der Waals surface area contributed by atoms with E-state index in [1.54, 1.807) is 30.5 Å². The first-order chi connectivity index (χ1) is 14.6. The third-order valence-corrected chi connectivity index (χ3v) is 5.45. The fourth-order valence-electron chi connectivity index (χ4n) is 3.28. The van der Waals surface area contributed by atoms with Crippen molar-refractivity contribution >= 4 is 34.5 Å². The van der Waals surface area contributed by atoms with Gasteiger partial charge in [-0.3, -0.25) is 4.79 Å². The van der Waals surface area contributed by atoms with Crippen molar-refractivity contribution in [3.05, 3.63) is 48.2 Å². The van der Waals surface area contributed by atoms with Gasteiger partial charge < -0.3 is 19.5 Å². The Labute approximate surface area is 176 Å². The highest BCUT2D eigenvalue weighted by molar-refractivity contribution is 7.99. The minimum Gasteiger partial charge on any atom is -0.378 e. The highest BCUT2D eigenvalue weighted by Crippen LogP contribution is 2.28. The number of amides is 1. The van der Waals surface area contributed by atoms with Gasteiger partial charge in [-0.05, 0) is 35.5 Å². The van der Waals surface area contributed by atoms with E-state index in [1.807, 2.05) is 12.1 Å². The number of anilines is 1. The summed E-state index contributed by atoms with van der Waals surface area (Å²) < 4.78 is 32.6. The molecular weight excluding hydrogens is 412 g/mol. The molecule has 0 aliphatic carbocycles. The number of para-hydroxylation sites is 2.